The van der Waals surface area contributed by atoms with Crippen LogP contribution in [0.4, 0.5) is 0 Å². The van der Waals surface area contributed by atoms with Crippen LogP contribution in [0.5, 0.6) is 0 Å². The number of ether oxygens (including phenoxy) is 1. The monoisotopic (exact) mass is 382 g/mol. The predicted octanol–water partition coefficient (Wildman–Crippen LogP) is 5.05. The van der Waals surface area contributed by atoms with Gasteiger partial charge in [0.1, 0.15) is 0 Å². The molecule has 2 aromatic carbocycles. The number of benzene rings is 2. The van der Waals surface area contributed by atoms with Crippen LogP contribution < -0.4 is 15.7 Å². The molecule has 146 valence electrons. The van der Waals surface area contributed by atoms with E-state index in [4.69, 9.17) is 4.74 Å². The number of aryl methyl sites for hydroxylation is 1. The highest BCUT2D eigenvalue weighted by Crippen LogP contribution is 2.10. The van der Waals surface area contributed by atoms with Crippen LogP contribution in [-0.2, 0) is 11.2 Å². The second-order valence-corrected chi connectivity index (χ2v) is 6.66. The zero-order chi connectivity index (χ0) is 20.1. The molecule has 0 aliphatic heterocycles. The molecule has 1 unspecified atom stereocenters. The number of allylic oxidation sites excluding steroid dienone is 2. The number of rotatable bonds is 4. The van der Waals surface area contributed by atoms with Crippen molar-refractivity contribution in [2.75, 3.05) is 6.61 Å². The van der Waals surface area contributed by atoms with E-state index in [0.29, 0.717) is 0 Å². The lowest BCUT2D eigenvalue weighted by Gasteiger charge is -2.10. The second kappa shape index (κ2) is 13.3. The maximum Gasteiger partial charge on any atom is 0.0961 e. The number of fused-ring (bicyclic) bond motifs is 1. The molecule has 0 radical (unpaired) electrons. The molecular formula is C25H35OP. The Morgan fingerprint density at radius 3 is 2.26 bits per heavy atom. The minimum atomic E-state index is 0.733. The lowest BCUT2D eigenvalue weighted by Crippen LogP contribution is -2.25. The zero-order valence-electron chi connectivity index (χ0n) is 17.6. The number of hydrogen-bond acceptors (Lipinski definition) is 1. The molecule has 2 heteroatoms. The molecule has 1 aliphatic carbocycles. The minimum Gasteiger partial charge on any atom is -0.498 e. The number of hydrogen-bond donors (Lipinski definition) is 0. The molecule has 0 spiro atoms. The van der Waals surface area contributed by atoms with Gasteiger partial charge in [-0.25, -0.2) is 0 Å². The molecule has 0 heterocycles. The first-order chi connectivity index (χ1) is 13.2. The molecule has 3 rings (SSSR count). The molecule has 0 amide bonds. The summed E-state index contributed by atoms with van der Waals surface area (Å²) >= 11 is 0. The van der Waals surface area contributed by atoms with Crippen molar-refractivity contribution in [3.8, 4) is 0 Å². The lowest BCUT2D eigenvalue weighted by molar-refractivity contribution is 0.211. The van der Waals surface area contributed by atoms with Crippen molar-refractivity contribution in [1.82, 2.24) is 0 Å². The highest BCUT2D eigenvalue weighted by Gasteiger charge is 2.00. The van der Waals surface area contributed by atoms with Crippen LogP contribution in [0.3, 0.4) is 0 Å². The third kappa shape index (κ3) is 8.14. The third-order valence-corrected chi connectivity index (χ3v) is 4.49. The van der Waals surface area contributed by atoms with E-state index in [1.807, 2.05) is 27.7 Å². The van der Waals surface area contributed by atoms with E-state index in [9.17, 15) is 0 Å². The Labute approximate surface area is 168 Å². The summed E-state index contributed by atoms with van der Waals surface area (Å²) < 4.78 is 6.00. The molecule has 2 aromatic rings. The maximum absolute atomic E-state index is 6.00. The van der Waals surface area contributed by atoms with Gasteiger partial charge in [0.05, 0.1) is 12.4 Å². The highest BCUT2D eigenvalue weighted by molar-refractivity contribution is 7.27. The van der Waals surface area contributed by atoms with Crippen LogP contribution in [0.2, 0.25) is 0 Å². The molecule has 1 nitrogen and oxygen atoms in total. The topological polar surface area (TPSA) is 9.23 Å². The van der Waals surface area contributed by atoms with Gasteiger partial charge in [-0.3, -0.25) is 0 Å². The molecule has 0 saturated carbocycles. The Balaban J connectivity index is 0.000000855. The van der Waals surface area contributed by atoms with Crippen molar-refractivity contribution in [2.45, 2.75) is 53.9 Å². The molecule has 0 fully saturated rings. The van der Waals surface area contributed by atoms with Crippen molar-refractivity contribution in [3.05, 3.63) is 75.9 Å². The van der Waals surface area contributed by atoms with Gasteiger partial charge < -0.3 is 4.74 Å². The van der Waals surface area contributed by atoms with Crippen molar-refractivity contribution < 1.29 is 4.74 Å². The van der Waals surface area contributed by atoms with Gasteiger partial charge >= 0.3 is 0 Å². The van der Waals surface area contributed by atoms with E-state index in [2.05, 4.69) is 76.9 Å². The Kier molecular flexibility index (Phi) is 11.5. The van der Waals surface area contributed by atoms with Gasteiger partial charge in [-0.05, 0) is 40.7 Å². The van der Waals surface area contributed by atoms with Crippen LogP contribution >= 0.6 is 9.24 Å². The van der Waals surface area contributed by atoms with Crippen LogP contribution in [0.15, 0.2) is 54.3 Å². The first kappa shape index (κ1) is 23.2. The molecule has 1 aliphatic rings. The van der Waals surface area contributed by atoms with Crippen molar-refractivity contribution in [3.63, 3.8) is 0 Å². The average Bonchev–Trinajstić information content (AvgIpc) is 2.69. The van der Waals surface area contributed by atoms with E-state index in [0.717, 1.165) is 31.6 Å². The average molecular weight is 383 g/mol. The van der Waals surface area contributed by atoms with Crippen LogP contribution in [0, 0.1) is 6.92 Å². The molecule has 0 aromatic heterocycles. The Bertz CT molecular complexity index is 816. The summed E-state index contributed by atoms with van der Waals surface area (Å²) in [5.74, 6) is 1.08. The standard InChI is InChI=1S/C21H23OP.2C2H6/c1-16-5-8-18-9-10-20(4-2-3-19(18)15-16)22-14-13-17-6-11-21(23)12-7-17;2*1-2/h3-9,11-12,15H,2,10,13-14,23H2,1H3;2*1-2H3/b18-9?,19-3-,20-4+;;. The maximum atomic E-state index is 6.00. The van der Waals surface area contributed by atoms with Gasteiger partial charge in [-0.1, -0.05) is 87.9 Å². The van der Waals surface area contributed by atoms with Crippen molar-refractivity contribution >= 4 is 26.7 Å². The molecule has 0 saturated heterocycles. The quantitative estimate of drug-likeness (QED) is 0.673. The summed E-state index contributed by atoms with van der Waals surface area (Å²) in [4.78, 5) is 0. The van der Waals surface area contributed by atoms with Crippen LogP contribution in [-0.4, -0.2) is 6.61 Å². The fourth-order valence-corrected chi connectivity index (χ4v) is 2.96. The van der Waals surface area contributed by atoms with E-state index in [1.165, 1.54) is 26.9 Å². The summed E-state index contributed by atoms with van der Waals surface area (Å²) in [5.41, 5.74) is 2.63. The van der Waals surface area contributed by atoms with Gasteiger partial charge in [0.2, 0.25) is 0 Å². The fourth-order valence-electron chi connectivity index (χ4n) is 2.77. The van der Waals surface area contributed by atoms with Gasteiger partial charge in [0.25, 0.3) is 0 Å². The highest BCUT2D eigenvalue weighted by atomic mass is 31.0. The first-order valence-electron chi connectivity index (χ1n) is 10.1. The fraction of sp³-hybridized carbons (Fsp3) is 0.360. The third-order valence-electron chi connectivity index (χ3n) is 4.11. The van der Waals surface area contributed by atoms with Gasteiger partial charge in [-0.15, -0.1) is 9.24 Å². The smallest absolute Gasteiger partial charge is 0.0961 e. The van der Waals surface area contributed by atoms with Crippen LogP contribution in [0.1, 0.15) is 51.7 Å². The molecule has 0 N–H and O–H groups in total. The lowest BCUT2D eigenvalue weighted by atomic mass is 10.1. The largest absolute Gasteiger partial charge is 0.498 e. The normalized spacial score (nSPS) is 15.3. The molecular weight excluding hydrogens is 347 g/mol. The molecule has 1 atom stereocenters. The first-order valence-corrected chi connectivity index (χ1v) is 10.7. The van der Waals surface area contributed by atoms with E-state index in [-0.39, 0.29) is 0 Å². The van der Waals surface area contributed by atoms with Gasteiger partial charge in [0, 0.05) is 12.8 Å². The summed E-state index contributed by atoms with van der Waals surface area (Å²) in [6.45, 7) is 10.9. The SMILES string of the molecule is CC.CC.Cc1ccc2/c(c1)=C\C/C=C(/OCCc1ccc(P)cc1)CC=2. The van der Waals surface area contributed by atoms with Crippen molar-refractivity contribution in [2.24, 2.45) is 0 Å². The second-order valence-electron chi connectivity index (χ2n) is 5.99. The molecule has 0 bridgehead atoms. The van der Waals surface area contributed by atoms with Crippen LogP contribution in [0.25, 0.3) is 12.2 Å². The van der Waals surface area contributed by atoms with Gasteiger partial charge in [-0.2, -0.15) is 0 Å². The van der Waals surface area contributed by atoms with E-state index < -0.39 is 0 Å². The van der Waals surface area contributed by atoms with Crippen molar-refractivity contribution in [1.29, 1.82) is 0 Å². The summed E-state index contributed by atoms with van der Waals surface area (Å²) in [6.07, 6.45) is 9.49. The van der Waals surface area contributed by atoms with E-state index in [1.54, 1.807) is 0 Å². The Morgan fingerprint density at radius 2 is 1.56 bits per heavy atom. The predicted molar refractivity (Wildman–Crippen MR) is 125 cm³/mol. The summed E-state index contributed by atoms with van der Waals surface area (Å²) in [6, 6.07) is 15.2. The Hall–Kier alpha value is -1.85. The molecule has 27 heavy (non-hydrogen) atoms. The summed E-state index contributed by atoms with van der Waals surface area (Å²) in [5, 5.41) is 3.86. The zero-order valence-corrected chi connectivity index (χ0v) is 18.7. The summed E-state index contributed by atoms with van der Waals surface area (Å²) in [7, 11) is 2.71. The minimum absolute atomic E-state index is 0.733. The Morgan fingerprint density at radius 1 is 0.852 bits per heavy atom. The van der Waals surface area contributed by atoms with Gasteiger partial charge in [0.15, 0.2) is 0 Å². The van der Waals surface area contributed by atoms with E-state index >= 15 is 0 Å².